The van der Waals surface area contributed by atoms with Crippen LogP contribution in [0.5, 0.6) is 0 Å². The van der Waals surface area contributed by atoms with Crippen molar-refractivity contribution in [1.29, 1.82) is 0 Å². The van der Waals surface area contributed by atoms with Gasteiger partial charge in [0.15, 0.2) is 0 Å². The molecule has 1 nitrogen and oxygen atoms in total. The van der Waals surface area contributed by atoms with Crippen LogP contribution in [-0.4, -0.2) is 5.11 Å². The fraction of sp³-hybridized carbons (Fsp3) is 0.200. The summed E-state index contributed by atoms with van der Waals surface area (Å²) in [6.07, 6.45) is 0.345. The molecule has 0 spiro atoms. The largest absolute Gasteiger partial charge is 0.387 e. The van der Waals surface area contributed by atoms with Crippen LogP contribution in [0.15, 0.2) is 33.4 Å². The van der Waals surface area contributed by atoms with E-state index in [0.717, 1.165) is 9.35 Å². The van der Waals surface area contributed by atoms with E-state index >= 15 is 0 Å². The quantitative estimate of drug-likeness (QED) is 0.910. The van der Waals surface area contributed by atoms with Gasteiger partial charge >= 0.3 is 0 Å². The van der Waals surface area contributed by atoms with Gasteiger partial charge in [-0.1, -0.05) is 6.07 Å². The van der Waals surface area contributed by atoms with Crippen LogP contribution in [0, 0.1) is 0 Å². The average Bonchev–Trinajstić information content (AvgIpc) is 2.75. The summed E-state index contributed by atoms with van der Waals surface area (Å²) in [5.41, 5.74) is 0. The van der Waals surface area contributed by atoms with Crippen molar-refractivity contribution < 1.29 is 5.11 Å². The fourth-order valence-electron chi connectivity index (χ4n) is 1.23. The molecule has 2 aromatic rings. The Morgan fingerprint density at radius 1 is 1.43 bits per heavy atom. The number of thiophene rings is 2. The summed E-state index contributed by atoms with van der Waals surface area (Å²) in [5.74, 6) is 0. The molecule has 0 amide bonds. The predicted molar refractivity (Wildman–Crippen MR) is 65.0 cm³/mol. The van der Waals surface area contributed by atoms with E-state index in [9.17, 15) is 5.11 Å². The van der Waals surface area contributed by atoms with Crippen molar-refractivity contribution in [2.75, 3.05) is 0 Å². The Kier molecular flexibility index (Phi) is 3.38. The summed E-state index contributed by atoms with van der Waals surface area (Å²) in [5, 5.41) is 13.9. The zero-order valence-electron chi connectivity index (χ0n) is 7.31. The topological polar surface area (TPSA) is 20.2 Å². The van der Waals surface area contributed by atoms with Crippen molar-refractivity contribution in [3.8, 4) is 0 Å². The van der Waals surface area contributed by atoms with Crippen LogP contribution in [-0.2, 0) is 6.42 Å². The number of halogens is 1. The first kappa shape index (κ1) is 10.4. The second kappa shape index (κ2) is 4.57. The lowest BCUT2D eigenvalue weighted by atomic mass is 10.2. The standard InChI is InChI=1S/C10H9BrOS2/c11-7-4-8(14-6-7)5-9(12)10-2-1-3-13-10/h1-4,6,9,12H,5H2. The third-order valence-corrected chi connectivity index (χ3v) is 4.58. The molecule has 0 fully saturated rings. The van der Waals surface area contributed by atoms with Crippen molar-refractivity contribution in [3.63, 3.8) is 0 Å². The van der Waals surface area contributed by atoms with E-state index < -0.39 is 0 Å². The van der Waals surface area contributed by atoms with E-state index in [1.54, 1.807) is 22.7 Å². The van der Waals surface area contributed by atoms with Crippen LogP contribution < -0.4 is 0 Å². The van der Waals surface area contributed by atoms with Gasteiger partial charge in [-0.3, -0.25) is 0 Å². The SMILES string of the molecule is OC(Cc1cc(Br)cs1)c1cccs1. The van der Waals surface area contributed by atoms with Gasteiger partial charge in [-0.15, -0.1) is 22.7 Å². The van der Waals surface area contributed by atoms with Gasteiger partial charge in [0.05, 0.1) is 6.10 Å². The molecule has 0 aromatic carbocycles. The predicted octanol–water partition coefficient (Wildman–Crippen LogP) is 3.85. The number of aliphatic hydroxyl groups excluding tert-OH is 1. The first-order valence-corrected chi connectivity index (χ1v) is 6.75. The Balaban J connectivity index is 2.05. The molecule has 4 heteroatoms. The van der Waals surface area contributed by atoms with Gasteiger partial charge < -0.3 is 5.11 Å². The lowest BCUT2D eigenvalue weighted by Gasteiger charge is -2.05. The maximum atomic E-state index is 9.87. The first-order valence-electron chi connectivity index (χ1n) is 4.20. The van der Waals surface area contributed by atoms with Crippen molar-refractivity contribution in [3.05, 3.63) is 43.2 Å². The zero-order valence-corrected chi connectivity index (χ0v) is 10.5. The molecule has 74 valence electrons. The van der Waals surface area contributed by atoms with Gasteiger partial charge in [0.1, 0.15) is 0 Å². The van der Waals surface area contributed by atoms with Crippen molar-refractivity contribution in [1.82, 2.24) is 0 Å². The second-order valence-corrected chi connectivity index (χ2v) is 5.86. The Labute approximate surface area is 99.2 Å². The molecule has 2 rings (SSSR count). The van der Waals surface area contributed by atoms with E-state index in [1.165, 1.54) is 4.88 Å². The minimum absolute atomic E-state index is 0.361. The monoisotopic (exact) mass is 288 g/mol. The molecular weight excluding hydrogens is 280 g/mol. The molecule has 14 heavy (non-hydrogen) atoms. The van der Waals surface area contributed by atoms with Gasteiger partial charge in [-0.25, -0.2) is 0 Å². The third kappa shape index (κ3) is 2.45. The van der Waals surface area contributed by atoms with E-state index in [0.29, 0.717) is 6.42 Å². The molecule has 0 saturated carbocycles. The summed E-state index contributed by atoms with van der Waals surface area (Å²) >= 11 is 6.68. The van der Waals surface area contributed by atoms with Crippen molar-refractivity contribution in [2.24, 2.45) is 0 Å². The molecule has 1 unspecified atom stereocenters. The van der Waals surface area contributed by atoms with Crippen LogP contribution in [0.1, 0.15) is 15.9 Å². The van der Waals surface area contributed by atoms with Gasteiger partial charge in [-0.05, 0) is 33.4 Å². The highest BCUT2D eigenvalue weighted by Gasteiger charge is 2.10. The highest BCUT2D eigenvalue weighted by Crippen LogP contribution is 2.27. The molecule has 0 radical (unpaired) electrons. The zero-order chi connectivity index (χ0) is 9.97. The lowest BCUT2D eigenvalue weighted by Crippen LogP contribution is -1.97. The molecule has 1 N–H and O–H groups in total. The van der Waals surface area contributed by atoms with Crippen LogP contribution in [0.4, 0.5) is 0 Å². The molecular formula is C10H9BrOS2. The minimum atomic E-state index is -0.361. The summed E-state index contributed by atoms with van der Waals surface area (Å²) in [7, 11) is 0. The normalized spacial score (nSPS) is 13.0. The number of hydrogen-bond acceptors (Lipinski definition) is 3. The number of hydrogen-bond donors (Lipinski definition) is 1. The Morgan fingerprint density at radius 3 is 2.86 bits per heavy atom. The second-order valence-electron chi connectivity index (χ2n) is 2.97. The molecule has 0 aliphatic rings. The summed E-state index contributed by atoms with van der Waals surface area (Å²) < 4.78 is 1.09. The van der Waals surface area contributed by atoms with Crippen molar-refractivity contribution >= 4 is 38.6 Å². The molecule has 0 bridgehead atoms. The van der Waals surface area contributed by atoms with E-state index in [-0.39, 0.29) is 6.10 Å². The van der Waals surface area contributed by atoms with Crippen LogP contribution in [0.25, 0.3) is 0 Å². The molecule has 1 atom stereocenters. The Bertz CT molecular complexity index is 394. The van der Waals surface area contributed by atoms with Crippen LogP contribution in [0.3, 0.4) is 0 Å². The number of rotatable bonds is 3. The summed E-state index contributed by atoms with van der Waals surface area (Å²) in [6.45, 7) is 0. The van der Waals surface area contributed by atoms with E-state index in [1.807, 2.05) is 22.9 Å². The molecule has 2 heterocycles. The summed E-state index contributed by atoms with van der Waals surface area (Å²) in [6, 6.07) is 5.99. The Hall–Kier alpha value is -0.160. The molecule has 2 aromatic heterocycles. The smallest absolute Gasteiger partial charge is 0.0930 e. The molecule has 0 aliphatic carbocycles. The van der Waals surface area contributed by atoms with Gasteiger partial charge in [0.2, 0.25) is 0 Å². The Morgan fingerprint density at radius 2 is 2.29 bits per heavy atom. The maximum Gasteiger partial charge on any atom is 0.0930 e. The minimum Gasteiger partial charge on any atom is -0.387 e. The van der Waals surface area contributed by atoms with E-state index in [2.05, 4.69) is 22.0 Å². The van der Waals surface area contributed by atoms with Gasteiger partial charge in [0.25, 0.3) is 0 Å². The molecule has 0 aliphatic heterocycles. The van der Waals surface area contributed by atoms with Gasteiger partial charge in [0, 0.05) is 26.0 Å². The van der Waals surface area contributed by atoms with Crippen LogP contribution in [0.2, 0.25) is 0 Å². The first-order chi connectivity index (χ1) is 6.75. The average molecular weight is 289 g/mol. The van der Waals surface area contributed by atoms with Crippen LogP contribution >= 0.6 is 38.6 Å². The maximum absolute atomic E-state index is 9.87. The summed E-state index contributed by atoms with van der Waals surface area (Å²) in [4.78, 5) is 2.24. The highest BCUT2D eigenvalue weighted by molar-refractivity contribution is 9.10. The van der Waals surface area contributed by atoms with E-state index in [4.69, 9.17) is 0 Å². The van der Waals surface area contributed by atoms with Gasteiger partial charge in [-0.2, -0.15) is 0 Å². The molecule has 0 saturated heterocycles. The lowest BCUT2D eigenvalue weighted by molar-refractivity contribution is 0.183. The number of aliphatic hydroxyl groups is 1. The highest BCUT2D eigenvalue weighted by atomic mass is 79.9. The fourth-order valence-corrected chi connectivity index (χ4v) is 3.43. The van der Waals surface area contributed by atoms with Crippen molar-refractivity contribution in [2.45, 2.75) is 12.5 Å². The third-order valence-electron chi connectivity index (χ3n) is 1.89.